The number of carbonyl (C=O) groups is 2. The minimum absolute atomic E-state index is 0.0580. The van der Waals surface area contributed by atoms with Crippen molar-refractivity contribution in [1.82, 2.24) is 5.32 Å². The molecule has 2 amide bonds. The Morgan fingerprint density at radius 1 is 1.21 bits per heavy atom. The number of amides is 2. The lowest BCUT2D eigenvalue weighted by molar-refractivity contribution is -0.116. The number of hydrogen-bond donors (Lipinski definition) is 3. The molecule has 6 heteroatoms. The first-order valence-electron chi connectivity index (χ1n) is 6.10. The summed E-state index contributed by atoms with van der Waals surface area (Å²) in [6, 6.07) is 4.98. The number of anilines is 2. The molecule has 0 spiro atoms. The lowest BCUT2D eigenvalue weighted by Gasteiger charge is -2.10. The SMILES string of the molecule is CCCC(=O)Nc1ccc(Cl)c(NC(=O)CNC)c1. The van der Waals surface area contributed by atoms with Gasteiger partial charge in [-0.15, -0.1) is 0 Å². The highest BCUT2D eigenvalue weighted by Gasteiger charge is 2.07. The van der Waals surface area contributed by atoms with Gasteiger partial charge in [0.15, 0.2) is 0 Å². The van der Waals surface area contributed by atoms with Gasteiger partial charge >= 0.3 is 0 Å². The van der Waals surface area contributed by atoms with E-state index in [1.54, 1.807) is 25.2 Å². The minimum atomic E-state index is -0.193. The van der Waals surface area contributed by atoms with Crippen molar-refractivity contribution in [3.8, 4) is 0 Å². The van der Waals surface area contributed by atoms with Crippen molar-refractivity contribution in [1.29, 1.82) is 0 Å². The van der Waals surface area contributed by atoms with Crippen molar-refractivity contribution in [2.45, 2.75) is 19.8 Å². The normalized spacial score (nSPS) is 10.1. The Hall–Kier alpha value is -1.59. The van der Waals surface area contributed by atoms with Crippen LogP contribution in [0.2, 0.25) is 5.02 Å². The Morgan fingerprint density at radius 2 is 1.95 bits per heavy atom. The highest BCUT2D eigenvalue weighted by molar-refractivity contribution is 6.33. The van der Waals surface area contributed by atoms with E-state index in [1.807, 2.05) is 6.92 Å². The number of hydrogen-bond acceptors (Lipinski definition) is 3. The molecule has 1 aromatic carbocycles. The van der Waals surface area contributed by atoms with E-state index in [9.17, 15) is 9.59 Å². The van der Waals surface area contributed by atoms with Crippen LogP contribution in [0.25, 0.3) is 0 Å². The van der Waals surface area contributed by atoms with E-state index in [-0.39, 0.29) is 18.4 Å². The van der Waals surface area contributed by atoms with Crippen LogP contribution in [0.1, 0.15) is 19.8 Å². The molecule has 5 nitrogen and oxygen atoms in total. The van der Waals surface area contributed by atoms with E-state index in [2.05, 4.69) is 16.0 Å². The van der Waals surface area contributed by atoms with Crippen LogP contribution < -0.4 is 16.0 Å². The predicted octanol–water partition coefficient (Wildman–Crippen LogP) is 2.24. The summed E-state index contributed by atoms with van der Waals surface area (Å²) in [5.41, 5.74) is 1.10. The molecule has 104 valence electrons. The number of carbonyl (C=O) groups excluding carboxylic acids is 2. The minimum Gasteiger partial charge on any atom is -0.326 e. The molecule has 0 aliphatic rings. The summed E-state index contributed by atoms with van der Waals surface area (Å²) in [6.07, 6.45) is 1.25. The molecule has 0 fully saturated rings. The fourth-order valence-electron chi connectivity index (χ4n) is 1.50. The Balaban J connectivity index is 2.76. The predicted molar refractivity (Wildman–Crippen MR) is 77.5 cm³/mol. The van der Waals surface area contributed by atoms with Crippen LogP contribution in [0.3, 0.4) is 0 Å². The summed E-state index contributed by atoms with van der Waals surface area (Å²) < 4.78 is 0. The Morgan fingerprint density at radius 3 is 2.58 bits per heavy atom. The van der Waals surface area contributed by atoms with Gasteiger partial charge in [-0.05, 0) is 31.7 Å². The van der Waals surface area contributed by atoms with Gasteiger partial charge in [0, 0.05) is 12.1 Å². The van der Waals surface area contributed by atoms with E-state index in [1.165, 1.54) is 0 Å². The monoisotopic (exact) mass is 283 g/mol. The molecule has 0 unspecified atom stereocenters. The zero-order valence-corrected chi connectivity index (χ0v) is 11.8. The van der Waals surface area contributed by atoms with Crippen LogP contribution in [0.5, 0.6) is 0 Å². The second-order valence-corrected chi connectivity index (χ2v) is 4.48. The van der Waals surface area contributed by atoms with Gasteiger partial charge in [-0.3, -0.25) is 9.59 Å². The first-order chi connectivity index (χ1) is 9.06. The van der Waals surface area contributed by atoms with Gasteiger partial charge < -0.3 is 16.0 Å². The van der Waals surface area contributed by atoms with Gasteiger partial charge in [0.25, 0.3) is 0 Å². The van der Waals surface area contributed by atoms with E-state index >= 15 is 0 Å². The Kier molecular flexibility index (Phi) is 6.32. The maximum atomic E-state index is 11.5. The van der Waals surface area contributed by atoms with Crippen LogP contribution in [0.4, 0.5) is 11.4 Å². The van der Waals surface area contributed by atoms with Crippen LogP contribution in [0, 0.1) is 0 Å². The second kappa shape index (κ2) is 7.76. The van der Waals surface area contributed by atoms with E-state index in [0.29, 0.717) is 22.8 Å². The first-order valence-corrected chi connectivity index (χ1v) is 6.48. The number of rotatable bonds is 6. The molecule has 0 saturated carbocycles. The van der Waals surface area contributed by atoms with Crippen molar-refractivity contribution in [2.24, 2.45) is 0 Å². The summed E-state index contributed by atoms with van der Waals surface area (Å²) >= 11 is 5.99. The molecule has 0 saturated heterocycles. The Labute approximate surface area is 117 Å². The van der Waals surface area contributed by atoms with Crippen LogP contribution >= 0.6 is 11.6 Å². The molecule has 0 bridgehead atoms. The third kappa shape index (κ3) is 5.28. The molecule has 0 aromatic heterocycles. The summed E-state index contributed by atoms with van der Waals surface area (Å²) in [4.78, 5) is 23.0. The van der Waals surface area contributed by atoms with Gasteiger partial charge in [-0.1, -0.05) is 18.5 Å². The third-order valence-electron chi connectivity index (χ3n) is 2.34. The van der Waals surface area contributed by atoms with Gasteiger partial charge in [0.05, 0.1) is 17.3 Å². The molecular weight excluding hydrogens is 266 g/mol. The largest absolute Gasteiger partial charge is 0.326 e. The zero-order valence-electron chi connectivity index (χ0n) is 11.0. The molecule has 3 N–H and O–H groups in total. The molecule has 1 rings (SSSR count). The van der Waals surface area contributed by atoms with Crippen molar-refractivity contribution in [3.05, 3.63) is 23.2 Å². The summed E-state index contributed by atoms with van der Waals surface area (Å²) in [5, 5.41) is 8.60. The summed E-state index contributed by atoms with van der Waals surface area (Å²) in [5.74, 6) is -0.251. The quantitative estimate of drug-likeness (QED) is 0.750. The smallest absolute Gasteiger partial charge is 0.238 e. The van der Waals surface area contributed by atoms with Crippen LogP contribution in [-0.4, -0.2) is 25.4 Å². The first kappa shape index (κ1) is 15.5. The number of halogens is 1. The van der Waals surface area contributed by atoms with E-state index < -0.39 is 0 Å². The zero-order chi connectivity index (χ0) is 14.3. The van der Waals surface area contributed by atoms with Gasteiger partial charge in [0.2, 0.25) is 11.8 Å². The standard InChI is InChI=1S/C13H18ClN3O2/c1-3-4-12(18)16-9-5-6-10(14)11(7-9)17-13(19)8-15-2/h5-7,15H,3-4,8H2,1-2H3,(H,16,18)(H,17,19). The molecular formula is C13H18ClN3O2. The lowest BCUT2D eigenvalue weighted by atomic mass is 10.2. The second-order valence-electron chi connectivity index (χ2n) is 4.07. The van der Waals surface area contributed by atoms with Crippen molar-refractivity contribution in [3.63, 3.8) is 0 Å². The molecule has 1 aromatic rings. The van der Waals surface area contributed by atoms with Gasteiger partial charge in [0.1, 0.15) is 0 Å². The fourth-order valence-corrected chi connectivity index (χ4v) is 1.67. The maximum absolute atomic E-state index is 11.5. The highest BCUT2D eigenvalue weighted by atomic mass is 35.5. The molecule has 0 atom stereocenters. The lowest BCUT2D eigenvalue weighted by Crippen LogP contribution is -2.25. The maximum Gasteiger partial charge on any atom is 0.238 e. The van der Waals surface area contributed by atoms with Crippen molar-refractivity contribution >= 4 is 34.8 Å². The molecule has 19 heavy (non-hydrogen) atoms. The topological polar surface area (TPSA) is 70.2 Å². The number of benzene rings is 1. The van der Waals surface area contributed by atoms with Gasteiger partial charge in [-0.2, -0.15) is 0 Å². The van der Waals surface area contributed by atoms with Gasteiger partial charge in [-0.25, -0.2) is 0 Å². The molecule has 0 radical (unpaired) electrons. The molecule has 0 heterocycles. The van der Waals surface area contributed by atoms with Crippen molar-refractivity contribution < 1.29 is 9.59 Å². The summed E-state index contributed by atoms with van der Waals surface area (Å²) in [7, 11) is 1.68. The van der Waals surface area contributed by atoms with Crippen LogP contribution in [0.15, 0.2) is 18.2 Å². The third-order valence-corrected chi connectivity index (χ3v) is 2.67. The molecule has 0 aliphatic heterocycles. The molecule has 0 aliphatic carbocycles. The number of nitrogens with one attached hydrogen (secondary N) is 3. The average molecular weight is 284 g/mol. The van der Waals surface area contributed by atoms with Crippen molar-refractivity contribution in [2.75, 3.05) is 24.2 Å². The average Bonchev–Trinajstić information content (AvgIpc) is 2.34. The van der Waals surface area contributed by atoms with E-state index in [4.69, 9.17) is 11.6 Å². The number of likely N-dealkylation sites (N-methyl/N-ethyl adjacent to an activating group) is 1. The van der Waals surface area contributed by atoms with Crippen LogP contribution in [-0.2, 0) is 9.59 Å². The Bertz CT molecular complexity index is 463. The fraction of sp³-hybridized carbons (Fsp3) is 0.385. The highest BCUT2D eigenvalue weighted by Crippen LogP contribution is 2.25. The summed E-state index contributed by atoms with van der Waals surface area (Å²) in [6.45, 7) is 2.13. The van der Waals surface area contributed by atoms with E-state index in [0.717, 1.165) is 6.42 Å².